The van der Waals surface area contributed by atoms with Gasteiger partial charge in [0.2, 0.25) is 0 Å². The Labute approximate surface area is 175 Å². The highest BCUT2D eigenvalue weighted by molar-refractivity contribution is 7.98. The van der Waals surface area contributed by atoms with Crippen LogP contribution in [0.3, 0.4) is 0 Å². The molecule has 0 spiro atoms. The molecule has 0 aliphatic rings. The molecule has 1 atom stereocenters. The molecule has 3 rings (SSSR count). The van der Waals surface area contributed by atoms with Crippen molar-refractivity contribution in [3.8, 4) is 11.5 Å². The van der Waals surface area contributed by atoms with Crippen molar-refractivity contribution < 1.29 is 9.47 Å². The first kappa shape index (κ1) is 20.6. The summed E-state index contributed by atoms with van der Waals surface area (Å²) < 4.78 is 13.5. The Hall–Kier alpha value is -2.18. The Morgan fingerprint density at radius 3 is 2.75 bits per heavy atom. The number of rotatable bonds is 8. The van der Waals surface area contributed by atoms with Gasteiger partial charge in [-0.25, -0.2) is 0 Å². The third kappa shape index (κ3) is 4.80. The number of hydrogen-bond donors (Lipinski definition) is 0. The van der Waals surface area contributed by atoms with E-state index in [1.807, 2.05) is 50.2 Å². The fourth-order valence-electron chi connectivity index (χ4n) is 2.86. The lowest BCUT2D eigenvalue weighted by Crippen LogP contribution is -2.12. The first-order chi connectivity index (χ1) is 13.5. The van der Waals surface area contributed by atoms with Crippen LogP contribution in [0.25, 0.3) is 0 Å². The molecule has 0 radical (unpaired) electrons. The van der Waals surface area contributed by atoms with Gasteiger partial charge >= 0.3 is 0 Å². The largest absolute Gasteiger partial charge is 0.497 e. The summed E-state index contributed by atoms with van der Waals surface area (Å²) in [5.41, 5.74) is 2.27. The summed E-state index contributed by atoms with van der Waals surface area (Å²) in [4.78, 5) is 0. The van der Waals surface area contributed by atoms with Gasteiger partial charge in [0.15, 0.2) is 17.1 Å². The van der Waals surface area contributed by atoms with Gasteiger partial charge in [0, 0.05) is 12.3 Å². The summed E-state index contributed by atoms with van der Waals surface area (Å²) in [6.45, 7) is 6.81. The second kappa shape index (κ2) is 9.34. The number of halogens is 1. The molecule has 0 amide bonds. The predicted molar refractivity (Wildman–Crippen MR) is 113 cm³/mol. The van der Waals surface area contributed by atoms with Gasteiger partial charge in [-0.05, 0) is 56.2 Å². The summed E-state index contributed by atoms with van der Waals surface area (Å²) >= 11 is 7.91. The fraction of sp³-hybridized carbons (Fsp3) is 0.333. The lowest BCUT2D eigenvalue weighted by Gasteiger charge is -2.17. The van der Waals surface area contributed by atoms with Crippen molar-refractivity contribution >= 4 is 23.4 Å². The minimum absolute atomic E-state index is 0.266. The Morgan fingerprint density at radius 1 is 1.18 bits per heavy atom. The van der Waals surface area contributed by atoms with E-state index in [1.54, 1.807) is 18.9 Å². The van der Waals surface area contributed by atoms with E-state index in [2.05, 4.69) is 27.8 Å². The Balaban J connectivity index is 1.74. The molecule has 0 aliphatic heterocycles. The zero-order valence-electron chi connectivity index (χ0n) is 16.5. The molecule has 7 heteroatoms. The molecule has 2 aromatic carbocycles. The highest BCUT2D eigenvalue weighted by atomic mass is 35.5. The average Bonchev–Trinajstić information content (AvgIpc) is 3.12. The summed E-state index contributed by atoms with van der Waals surface area (Å²) in [5, 5.41) is 10.2. The zero-order valence-corrected chi connectivity index (χ0v) is 18.0. The van der Waals surface area contributed by atoms with E-state index in [-0.39, 0.29) is 6.10 Å². The highest BCUT2D eigenvalue weighted by Gasteiger charge is 2.19. The number of aryl methyl sites for hydroxylation is 1. The molecule has 0 fully saturated rings. The van der Waals surface area contributed by atoms with Crippen LogP contribution < -0.4 is 9.47 Å². The molecule has 3 aromatic rings. The van der Waals surface area contributed by atoms with E-state index in [0.717, 1.165) is 34.6 Å². The molecule has 0 saturated carbocycles. The third-order valence-corrected chi connectivity index (χ3v) is 5.67. The molecular weight excluding hydrogens is 394 g/mol. The molecule has 1 aromatic heterocycles. The van der Waals surface area contributed by atoms with E-state index in [0.29, 0.717) is 10.8 Å². The van der Waals surface area contributed by atoms with Crippen molar-refractivity contribution in [2.75, 3.05) is 7.11 Å². The van der Waals surface area contributed by atoms with Crippen LogP contribution in [-0.4, -0.2) is 21.9 Å². The van der Waals surface area contributed by atoms with Crippen LogP contribution in [0.15, 0.2) is 47.6 Å². The van der Waals surface area contributed by atoms with Crippen LogP contribution >= 0.6 is 23.4 Å². The number of methoxy groups -OCH3 is 1. The monoisotopic (exact) mass is 417 g/mol. The second-order valence-corrected chi connectivity index (χ2v) is 7.77. The molecule has 1 heterocycles. The van der Waals surface area contributed by atoms with Crippen LogP contribution in [-0.2, 0) is 12.3 Å². The molecule has 0 bridgehead atoms. The van der Waals surface area contributed by atoms with Crippen LogP contribution in [0.2, 0.25) is 5.02 Å². The van der Waals surface area contributed by atoms with E-state index in [1.165, 1.54) is 5.56 Å². The lowest BCUT2D eigenvalue weighted by molar-refractivity contribution is 0.210. The van der Waals surface area contributed by atoms with Gasteiger partial charge in [-0.1, -0.05) is 41.6 Å². The number of benzene rings is 2. The van der Waals surface area contributed by atoms with Crippen LogP contribution in [0.5, 0.6) is 11.5 Å². The lowest BCUT2D eigenvalue weighted by atomic mass is 10.2. The number of hydrogen-bond acceptors (Lipinski definition) is 5. The van der Waals surface area contributed by atoms with Crippen molar-refractivity contribution in [2.45, 2.75) is 44.3 Å². The van der Waals surface area contributed by atoms with Crippen LogP contribution in [0.1, 0.15) is 36.9 Å². The second-order valence-electron chi connectivity index (χ2n) is 6.42. The maximum atomic E-state index is 6.27. The van der Waals surface area contributed by atoms with Gasteiger partial charge in [0.25, 0.3) is 0 Å². The summed E-state index contributed by atoms with van der Waals surface area (Å²) in [6, 6.07) is 13.8. The number of nitrogens with zero attached hydrogens (tertiary/aromatic N) is 3. The minimum atomic E-state index is -0.266. The highest BCUT2D eigenvalue weighted by Crippen LogP contribution is 2.31. The average molecular weight is 418 g/mol. The zero-order chi connectivity index (χ0) is 20.1. The maximum Gasteiger partial charge on any atom is 0.191 e. The molecule has 5 nitrogen and oxygen atoms in total. The Morgan fingerprint density at radius 2 is 2.00 bits per heavy atom. The Bertz CT molecular complexity index is 945. The van der Waals surface area contributed by atoms with Gasteiger partial charge in [-0.3, -0.25) is 0 Å². The quantitative estimate of drug-likeness (QED) is 0.440. The van der Waals surface area contributed by atoms with Crippen LogP contribution in [0, 0.1) is 6.92 Å². The third-order valence-electron chi connectivity index (χ3n) is 4.32. The van der Waals surface area contributed by atoms with Gasteiger partial charge in [-0.2, -0.15) is 0 Å². The topological polar surface area (TPSA) is 49.2 Å². The maximum absolute atomic E-state index is 6.27. The minimum Gasteiger partial charge on any atom is -0.497 e. The number of thioether (sulfide) groups is 1. The molecular formula is C21H24ClN3O2S. The van der Waals surface area contributed by atoms with Gasteiger partial charge < -0.3 is 14.0 Å². The van der Waals surface area contributed by atoms with Crippen molar-refractivity contribution in [3.05, 3.63) is 64.4 Å². The fourth-order valence-corrected chi connectivity index (χ4v) is 3.97. The normalized spacial score (nSPS) is 12.0. The van der Waals surface area contributed by atoms with Crippen molar-refractivity contribution in [1.29, 1.82) is 0 Å². The molecule has 1 unspecified atom stereocenters. The van der Waals surface area contributed by atoms with Gasteiger partial charge in [0.05, 0.1) is 12.1 Å². The SMILES string of the molecule is CCn1c(SCc2cccc(OC)c2)nnc1C(C)Oc1cc(C)ccc1Cl. The van der Waals surface area contributed by atoms with Crippen molar-refractivity contribution in [3.63, 3.8) is 0 Å². The van der Waals surface area contributed by atoms with Gasteiger partial charge in [0.1, 0.15) is 11.5 Å². The standard InChI is InChI=1S/C21H24ClN3O2S/c1-5-25-20(15(3)27-19-11-14(2)9-10-18(19)22)23-24-21(25)28-13-16-7-6-8-17(12-16)26-4/h6-12,15H,5,13H2,1-4H3. The number of ether oxygens (including phenoxy) is 2. The molecule has 0 aliphatic carbocycles. The molecule has 28 heavy (non-hydrogen) atoms. The smallest absolute Gasteiger partial charge is 0.191 e. The van der Waals surface area contributed by atoms with Crippen molar-refractivity contribution in [1.82, 2.24) is 14.8 Å². The first-order valence-electron chi connectivity index (χ1n) is 9.13. The molecule has 148 valence electrons. The van der Waals surface area contributed by atoms with E-state index in [4.69, 9.17) is 21.1 Å². The van der Waals surface area contributed by atoms with Crippen molar-refractivity contribution in [2.24, 2.45) is 0 Å². The molecule has 0 saturated heterocycles. The van der Waals surface area contributed by atoms with E-state index in [9.17, 15) is 0 Å². The first-order valence-corrected chi connectivity index (χ1v) is 10.5. The summed E-state index contributed by atoms with van der Waals surface area (Å²) in [5.74, 6) is 3.08. The summed E-state index contributed by atoms with van der Waals surface area (Å²) in [7, 11) is 1.67. The van der Waals surface area contributed by atoms with E-state index < -0.39 is 0 Å². The summed E-state index contributed by atoms with van der Waals surface area (Å²) in [6.07, 6.45) is -0.266. The van der Waals surface area contributed by atoms with Gasteiger partial charge in [-0.15, -0.1) is 10.2 Å². The molecule has 0 N–H and O–H groups in total. The van der Waals surface area contributed by atoms with Crippen LogP contribution in [0.4, 0.5) is 0 Å². The number of aromatic nitrogens is 3. The Kier molecular flexibility index (Phi) is 6.86. The van der Waals surface area contributed by atoms with E-state index >= 15 is 0 Å². The predicted octanol–water partition coefficient (Wildman–Crippen LogP) is 5.70.